The van der Waals surface area contributed by atoms with Crippen molar-refractivity contribution in [3.63, 3.8) is 0 Å². The van der Waals surface area contributed by atoms with Gasteiger partial charge in [0.2, 0.25) is 0 Å². The molecule has 0 spiro atoms. The molecule has 0 radical (unpaired) electrons. The smallest absolute Gasteiger partial charge is 0.252 e. The molecule has 468 valence electrons. The van der Waals surface area contributed by atoms with Crippen molar-refractivity contribution in [3.05, 3.63) is 333 Å². The quantitative estimate of drug-likeness (QED) is 0.155. The van der Waals surface area contributed by atoms with E-state index in [0.717, 1.165) is 10.8 Å². The summed E-state index contributed by atoms with van der Waals surface area (Å²) in [5.74, 6) is 0. The molecule has 19 aromatic rings. The molecule has 2 aliphatic rings. The highest BCUT2D eigenvalue weighted by Crippen LogP contribution is 2.53. The maximum atomic E-state index is 11.8. The van der Waals surface area contributed by atoms with E-state index >= 15 is 0 Å². The van der Waals surface area contributed by atoms with Gasteiger partial charge in [-0.1, -0.05) is 287 Å². The zero-order valence-corrected chi connectivity index (χ0v) is 53.7. The first-order valence-electron chi connectivity index (χ1n) is 44.1. The summed E-state index contributed by atoms with van der Waals surface area (Å²) in [5, 5.41) is 2.93. The predicted octanol–water partition coefficient (Wildman–Crippen LogP) is 23.2. The van der Waals surface area contributed by atoms with E-state index in [9.17, 15) is 27.4 Å². The van der Waals surface area contributed by atoms with Crippen molar-refractivity contribution < 1.29 is 34.6 Å². The second-order valence-corrected chi connectivity index (χ2v) is 26.5. The molecule has 15 aromatic carbocycles. The molecule has 100 heavy (non-hydrogen) atoms. The summed E-state index contributed by atoms with van der Waals surface area (Å²) in [5.41, 5.74) is 1.96. The highest BCUT2D eigenvalue weighted by molar-refractivity contribution is 7.00. The summed E-state index contributed by atoms with van der Waals surface area (Å²) < 4.78 is 234. The lowest BCUT2D eigenvalue weighted by molar-refractivity contribution is 0.590. The van der Waals surface area contributed by atoms with Gasteiger partial charge in [0, 0.05) is 88.1 Å². The maximum Gasteiger partial charge on any atom is 0.252 e. The largest absolute Gasteiger partial charge is 0.455 e. The second kappa shape index (κ2) is 21.4. The maximum absolute atomic E-state index is 11.8. The molecule has 0 N–H and O–H groups in total. The number of para-hydroxylation sites is 8. The van der Waals surface area contributed by atoms with Crippen LogP contribution < -0.4 is 21.3 Å². The van der Waals surface area contributed by atoms with Crippen molar-refractivity contribution in [2.24, 2.45) is 0 Å². The molecule has 0 fully saturated rings. The number of anilines is 3. The van der Waals surface area contributed by atoms with Crippen molar-refractivity contribution in [1.29, 1.82) is 0 Å². The van der Waals surface area contributed by atoms with Gasteiger partial charge in [0.25, 0.3) is 6.71 Å². The van der Waals surface area contributed by atoms with Crippen LogP contribution in [0.3, 0.4) is 0 Å². The molecular weight excluding hydrogens is 1210 g/mol. The minimum Gasteiger partial charge on any atom is -0.455 e. The van der Waals surface area contributed by atoms with Crippen LogP contribution in [0, 0.1) is 0 Å². The third-order valence-corrected chi connectivity index (χ3v) is 20.1. The van der Waals surface area contributed by atoms with Crippen LogP contribution in [0.2, 0.25) is 0 Å². The third kappa shape index (κ3) is 8.07. The van der Waals surface area contributed by atoms with Crippen LogP contribution in [0.15, 0.2) is 331 Å². The van der Waals surface area contributed by atoms with E-state index in [0.29, 0.717) is 82.7 Å². The van der Waals surface area contributed by atoms with Crippen molar-refractivity contribution in [1.82, 2.24) is 13.7 Å². The van der Waals surface area contributed by atoms with Gasteiger partial charge in [-0.25, -0.2) is 0 Å². The summed E-state index contributed by atoms with van der Waals surface area (Å²) in [4.78, 5) is 1.83. The number of furan rings is 1. The van der Waals surface area contributed by atoms with E-state index < -0.39 is 133 Å². The van der Waals surface area contributed by atoms with Crippen LogP contribution in [-0.2, 0) is 5.41 Å². The summed E-state index contributed by atoms with van der Waals surface area (Å²) in [6.45, 7) is 3.95. The zero-order valence-electron chi connectivity index (χ0n) is 75.7. The van der Waals surface area contributed by atoms with Crippen molar-refractivity contribution in [2.45, 2.75) is 26.2 Å². The standard InChI is InChI=1S/C94H63BN4O/c1-94(2,3)60-55-85-89-86(56-60)99-91-63(59-29-8-5-9-30-59)41-24-42-73(91)66-33-11-10-31-64(66)65-32-12-13-39-72(65)88-83(97-81-48-21-16-36-69(81)70-37-17-22-49-82(70)97)54-53-78(92(88)99)95(89)77-52-51-61(96-79-46-19-14-34-67(79)68-35-15-20-47-80(68)96)57-84(77)98(85)90-62(58-27-6-4-7-28-58)40-25-43-74(90)76-45-26-44-75-71-38-18-23-50-87(71)100-93(75)76/h4-57H,1-3H3/i14D,15D,16D,17D,19D,20D,21D,22D,34D,35D,36D,37D,46D,47D,48D,49D,51D,52D,53D,54D,55D,56D. The lowest BCUT2D eigenvalue weighted by Gasteiger charge is -2.43. The van der Waals surface area contributed by atoms with Crippen LogP contribution in [0.5, 0.6) is 0 Å². The zero-order chi connectivity index (χ0) is 85.2. The Morgan fingerprint density at radius 1 is 0.350 bits per heavy atom. The van der Waals surface area contributed by atoms with Crippen molar-refractivity contribution in [3.8, 4) is 50.4 Å². The molecule has 0 saturated heterocycles. The van der Waals surface area contributed by atoms with Crippen LogP contribution in [0.1, 0.15) is 56.5 Å². The lowest BCUT2D eigenvalue weighted by atomic mass is 9.33. The van der Waals surface area contributed by atoms with E-state index in [-0.39, 0.29) is 117 Å². The first kappa shape index (κ1) is 38.9. The van der Waals surface area contributed by atoms with Gasteiger partial charge in [-0.2, -0.15) is 0 Å². The number of benzene rings is 15. The molecule has 5 nitrogen and oxygen atoms in total. The van der Waals surface area contributed by atoms with Crippen LogP contribution in [0.25, 0.3) is 159 Å². The number of hydrogen-bond donors (Lipinski definition) is 0. The summed E-state index contributed by atoms with van der Waals surface area (Å²) >= 11 is 0. The summed E-state index contributed by atoms with van der Waals surface area (Å²) in [7, 11) is 0. The second-order valence-electron chi connectivity index (χ2n) is 26.5. The number of aromatic nitrogens is 3. The molecule has 6 heteroatoms. The minimum absolute atomic E-state index is 0.0264. The Labute approximate surface area is 609 Å². The van der Waals surface area contributed by atoms with Crippen molar-refractivity contribution in [2.75, 3.05) is 4.90 Å². The first-order chi connectivity index (χ1) is 58.5. The molecule has 0 bridgehead atoms. The third-order valence-electron chi connectivity index (χ3n) is 20.1. The van der Waals surface area contributed by atoms with E-state index in [2.05, 4.69) is 0 Å². The molecule has 21 rings (SSSR count). The van der Waals surface area contributed by atoms with Crippen LogP contribution >= 0.6 is 0 Å². The Morgan fingerprint density at radius 2 is 0.840 bits per heavy atom. The van der Waals surface area contributed by atoms with Gasteiger partial charge in [0.05, 0.1) is 74.6 Å². The molecular formula is C94H63BN4O. The molecule has 4 aromatic heterocycles. The first-order valence-corrected chi connectivity index (χ1v) is 33.1. The minimum atomic E-state index is -1.70. The molecule has 0 saturated carbocycles. The Morgan fingerprint density at radius 3 is 1.49 bits per heavy atom. The van der Waals surface area contributed by atoms with E-state index in [1.807, 2.05) is 206 Å². The molecule has 0 amide bonds. The Bertz CT molecular complexity index is 8020. The van der Waals surface area contributed by atoms with Gasteiger partial charge in [-0.3, -0.25) is 0 Å². The van der Waals surface area contributed by atoms with Gasteiger partial charge in [0.15, 0.2) is 0 Å². The van der Waals surface area contributed by atoms with E-state index in [4.69, 9.17) is 7.16 Å². The van der Waals surface area contributed by atoms with Gasteiger partial charge < -0.3 is 23.0 Å². The SMILES string of the molecule is [2H]c1c(-n2c3c([2H])c([2H])c([2H])c([2H])c3c3c([2H])c([2H])c([2H])c([2H])c32)cc2c(c1[2H])B1c3c(c([2H])c(C(C)(C)C)c([2H])c3-n3c4c(-c5ccccc5)cccc4c4ccccc4c4ccccc4c4c(-n5c6c([2H])c([2H])c([2H])c([2H])c6c6c([2H])c([2H])c([2H])c([2H])c65)c([2H])c([2H])c1c43)N2c1c(-c2ccccc2)cccc1-c1cccc2c1oc1ccccc12. The fourth-order valence-corrected chi connectivity index (χ4v) is 15.8. The average Bonchev–Trinajstić information content (AvgIpc) is 1.64. The number of hydrogen-bond acceptors (Lipinski definition) is 2. The molecule has 0 aliphatic carbocycles. The fraction of sp³-hybridized carbons (Fsp3) is 0.0426. The van der Waals surface area contributed by atoms with E-state index in [1.54, 1.807) is 12.1 Å². The highest BCUT2D eigenvalue weighted by Gasteiger charge is 2.44. The van der Waals surface area contributed by atoms with Gasteiger partial charge in [-0.15, -0.1) is 0 Å². The molecule has 2 aliphatic heterocycles. The number of rotatable bonds is 6. The fourth-order valence-electron chi connectivity index (χ4n) is 15.8. The van der Waals surface area contributed by atoms with E-state index in [1.165, 1.54) is 15.2 Å². The van der Waals surface area contributed by atoms with Crippen LogP contribution in [0.4, 0.5) is 17.1 Å². The Hall–Kier alpha value is -12.6. The van der Waals surface area contributed by atoms with Gasteiger partial charge in [-0.05, 0) is 121 Å². The summed E-state index contributed by atoms with van der Waals surface area (Å²) in [6.07, 6.45) is 0. The van der Waals surface area contributed by atoms with Gasteiger partial charge in [0.1, 0.15) is 11.2 Å². The molecule has 0 atom stereocenters. The topological polar surface area (TPSA) is 31.2 Å². The Kier molecular flexibility index (Phi) is 8.35. The summed E-state index contributed by atoms with van der Waals surface area (Å²) in [6, 6.07) is 46.0. The highest BCUT2D eigenvalue weighted by atomic mass is 16.3. The average molecular weight is 1300 g/mol. The predicted molar refractivity (Wildman–Crippen MR) is 424 cm³/mol. The molecule has 0 unspecified atom stereocenters. The number of nitrogens with zero attached hydrogens (tertiary/aromatic N) is 4. The lowest BCUT2D eigenvalue weighted by Crippen LogP contribution is -2.60. The van der Waals surface area contributed by atoms with Gasteiger partial charge >= 0.3 is 0 Å². The number of fused-ring (bicyclic) bond motifs is 20. The van der Waals surface area contributed by atoms with Crippen LogP contribution in [-0.4, -0.2) is 20.4 Å². The molecule has 6 heterocycles. The van der Waals surface area contributed by atoms with Crippen molar-refractivity contribution >= 4 is 149 Å². The monoisotopic (exact) mass is 1300 g/mol. The Balaban J connectivity index is 1.09. The normalized spacial score (nSPS) is 15.8.